The summed E-state index contributed by atoms with van der Waals surface area (Å²) in [7, 11) is 0. The Morgan fingerprint density at radius 2 is 0.786 bits per heavy atom. The molecule has 0 radical (unpaired) electrons. The minimum Gasteiger partial charge on any atom is -0.192 e. The fraction of sp³-hybridized carbons (Fsp3) is 0.0370. The summed E-state index contributed by atoms with van der Waals surface area (Å²) in [6.07, 6.45) is 0. The average Bonchev–Trinajstić information content (AvgIpc) is 3.73. The summed E-state index contributed by atoms with van der Waals surface area (Å²) in [6, 6.07) is 57.8. The van der Waals surface area contributed by atoms with Gasteiger partial charge in [-0.25, -0.2) is 0 Å². The van der Waals surface area contributed by atoms with Crippen molar-refractivity contribution in [3.63, 3.8) is 0 Å². The van der Waals surface area contributed by atoms with Crippen LogP contribution in [0.25, 0.3) is 121 Å². The molecular formula is C54H30N2. The molecule has 12 rings (SSSR count). The third-order valence-electron chi connectivity index (χ3n) is 12.6. The molecule has 2 aliphatic rings. The Bertz CT molecular complexity index is 3560. The van der Waals surface area contributed by atoms with Gasteiger partial charge in [-0.1, -0.05) is 96.6 Å². The largest absolute Gasteiger partial charge is 0.192 e. The van der Waals surface area contributed by atoms with Crippen molar-refractivity contribution in [2.24, 2.45) is 0 Å². The normalized spacial score (nSPS) is 12.1. The Morgan fingerprint density at radius 1 is 0.339 bits per heavy atom. The second-order valence-corrected chi connectivity index (χ2v) is 15.6. The van der Waals surface area contributed by atoms with E-state index < -0.39 is 0 Å². The highest BCUT2D eigenvalue weighted by Gasteiger charge is 2.27. The number of nitriles is 2. The van der Waals surface area contributed by atoms with Crippen LogP contribution in [0.15, 0.2) is 146 Å². The third-order valence-corrected chi connectivity index (χ3v) is 12.6. The highest BCUT2D eigenvalue weighted by molar-refractivity contribution is 6.29. The van der Waals surface area contributed by atoms with Crippen LogP contribution in [-0.2, 0) is 0 Å². The fourth-order valence-corrected chi connectivity index (χ4v) is 10.0. The lowest BCUT2D eigenvalue weighted by Crippen LogP contribution is -1.94. The summed E-state index contributed by atoms with van der Waals surface area (Å²) in [5.41, 5.74) is 17.6. The standard InChI is InChI=1S/C54H30N2/c1-29-15-16-30(2)39(19-29)45-25-51-50-24-44-38-14-6-10-33-8-4-12-36(54(33)38)42(44)22-48(50)46(40-20-31(27-55)17-18-34(40)28-56)26-52(51)49-23-43-37-13-5-9-32-7-3-11-35(53(32)37)41(43)21-47(45)49/h3-26H,1-2H3. The molecule has 0 N–H and O–H groups in total. The summed E-state index contributed by atoms with van der Waals surface area (Å²) >= 11 is 0. The maximum absolute atomic E-state index is 10.5. The van der Waals surface area contributed by atoms with Gasteiger partial charge in [0.2, 0.25) is 0 Å². The monoisotopic (exact) mass is 706 g/mol. The van der Waals surface area contributed by atoms with Crippen molar-refractivity contribution >= 4 is 53.9 Å². The molecule has 10 aromatic carbocycles. The van der Waals surface area contributed by atoms with E-state index >= 15 is 0 Å². The van der Waals surface area contributed by atoms with Gasteiger partial charge in [0.05, 0.1) is 23.3 Å². The zero-order valence-corrected chi connectivity index (χ0v) is 30.8. The first-order valence-corrected chi connectivity index (χ1v) is 19.1. The van der Waals surface area contributed by atoms with E-state index in [1.165, 1.54) is 104 Å². The van der Waals surface area contributed by atoms with Crippen molar-refractivity contribution < 1.29 is 0 Å². The van der Waals surface area contributed by atoms with Crippen molar-refractivity contribution in [1.82, 2.24) is 0 Å². The smallest absolute Gasteiger partial charge is 0.0998 e. The van der Waals surface area contributed by atoms with E-state index in [1.54, 1.807) is 12.1 Å². The molecular weight excluding hydrogens is 677 g/mol. The molecule has 0 amide bonds. The fourth-order valence-electron chi connectivity index (χ4n) is 10.0. The lowest BCUT2D eigenvalue weighted by atomic mass is 9.83. The maximum Gasteiger partial charge on any atom is 0.0998 e. The van der Waals surface area contributed by atoms with E-state index in [2.05, 4.69) is 153 Å². The van der Waals surface area contributed by atoms with Gasteiger partial charge in [-0.05, 0) is 189 Å². The van der Waals surface area contributed by atoms with Crippen LogP contribution in [0.5, 0.6) is 0 Å². The number of hydrogen-bond donors (Lipinski definition) is 0. The Labute approximate surface area is 323 Å². The molecule has 0 unspecified atom stereocenters. The van der Waals surface area contributed by atoms with Crippen molar-refractivity contribution in [3.8, 4) is 78.9 Å². The molecule has 2 heteroatoms. The van der Waals surface area contributed by atoms with Gasteiger partial charge >= 0.3 is 0 Å². The Balaban J connectivity index is 1.30. The molecule has 2 aliphatic carbocycles. The zero-order chi connectivity index (χ0) is 37.4. The van der Waals surface area contributed by atoms with E-state index in [0.29, 0.717) is 11.1 Å². The topological polar surface area (TPSA) is 47.6 Å². The van der Waals surface area contributed by atoms with Crippen LogP contribution in [0.1, 0.15) is 22.3 Å². The summed E-state index contributed by atoms with van der Waals surface area (Å²) in [5, 5.41) is 32.5. The molecule has 0 heterocycles. The van der Waals surface area contributed by atoms with Gasteiger partial charge in [0, 0.05) is 5.56 Å². The predicted molar refractivity (Wildman–Crippen MR) is 233 cm³/mol. The Kier molecular flexibility index (Phi) is 6.08. The summed E-state index contributed by atoms with van der Waals surface area (Å²) < 4.78 is 0. The molecule has 10 aromatic rings. The number of hydrogen-bond acceptors (Lipinski definition) is 2. The molecule has 0 saturated heterocycles. The van der Waals surface area contributed by atoms with Crippen LogP contribution in [0.3, 0.4) is 0 Å². The zero-order valence-electron chi connectivity index (χ0n) is 30.8. The summed E-state index contributed by atoms with van der Waals surface area (Å²) in [5.74, 6) is 0. The van der Waals surface area contributed by atoms with E-state index in [-0.39, 0.29) is 0 Å². The van der Waals surface area contributed by atoms with E-state index in [9.17, 15) is 10.5 Å². The first kappa shape index (κ1) is 30.9. The number of fused-ring (bicyclic) bond motifs is 11. The highest BCUT2D eigenvalue weighted by atomic mass is 14.3. The molecule has 0 bridgehead atoms. The minimum absolute atomic E-state index is 0.532. The van der Waals surface area contributed by atoms with Crippen LogP contribution in [0, 0.1) is 36.5 Å². The lowest BCUT2D eigenvalue weighted by Gasteiger charge is -2.20. The molecule has 256 valence electrons. The van der Waals surface area contributed by atoms with Gasteiger partial charge in [-0.15, -0.1) is 0 Å². The van der Waals surface area contributed by atoms with Crippen LogP contribution < -0.4 is 0 Å². The number of benzene rings is 10. The first-order chi connectivity index (χ1) is 27.5. The highest BCUT2D eigenvalue weighted by Crippen LogP contribution is 2.54. The van der Waals surface area contributed by atoms with E-state index in [1.807, 2.05) is 6.07 Å². The van der Waals surface area contributed by atoms with Crippen LogP contribution in [0.4, 0.5) is 0 Å². The SMILES string of the molecule is Cc1ccc(C)c(-c2cc3c4cc5c(cc4c(-c4cc(C#N)ccc4C#N)cc3c3cc4c(cc23)-c2cccc3cccc-4c23)-c2cccc3cccc-5c23)c1. The molecule has 2 nitrogen and oxygen atoms in total. The summed E-state index contributed by atoms with van der Waals surface area (Å²) in [6.45, 7) is 4.39. The second kappa shape index (κ2) is 11.0. The first-order valence-electron chi connectivity index (χ1n) is 19.1. The minimum atomic E-state index is 0.532. The maximum atomic E-state index is 10.5. The van der Waals surface area contributed by atoms with Crippen molar-refractivity contribution in [3.05, 3.63) is 168 Å². The van der Waals surface area contributed by atoms with E-state index in [4.69, 9.17) is 0 Å². The molecule has 0 atom stereocenters. The van der Waals surface area contributed by atoms with Gasteiger partial charge < -0.3 is 0 Å². The van der Waals surface area contributed by atoms with Crippen LogP contribution in [0.2, 0.25) is 0 Å². The van der Waals surface area contributed by atoms with Gasteiger partial charge in [0.1, 0.15) is 0 Å². The van der Waals surface area contributed by atoms with Crippen LogP contribution in [-0.4, -0.2) is 0 Å². The predicted octanol–water partition coefficient (Wildman–Crippen LogP) is 14.4. The summed E-state index contributed by atoms with van der Waals surface area (Å²) in [4.78, 5) is 0. The third kappa shape index (κ3) is 4.03. The number of aryl methyl sites for hydroxylation is 2. The van der Waals surface area contributed by atoms with Crippen LogP contribution >= 0.6 is 0 Å². The molecule has 0 aromatic heterocycles. The van der Waals surface area contributed by atoms with Gasteiger partial charge in [-0.3, -0.25) is 0 Å². The average molecular weight is 707 g/mol. The second-order valence-electron chi connectivity index (χ2n) is 15.6. The van der Waals surface area contributed by atoms with Gasteiger partial charge in [0.25, 0.3) is 0 Å². The Hall–Kier alpha value is -7.52. The molecule has 0 spiro atoms. The van der Waals surface area contributed by atoms with Crippen molar-refractivity contribution in [2.75, 3.05) is 0 Å². The lowest BCUT2D eigenvalue weighted by molar-refractivity contribution is 1.40. The van der Waals surface area contributed by atoms with Gasteiger partial charge in [0.15, 0.2) is 0 Å². The molecule has 0 saturated carbocycles. The van der Waals surface area contributed by atoms with Crippen molar-refractivity contribution in [2.45, 2.75) is 13.8 Å². The van der Waals surface area contributed by atoms with E-state index in [0.717, 1.165) is 27.3 Å². The number of nitrogens with zero attached hydrogens (tertiary/aromatic N) is 2. The molecule has 0 fully saturated rings. The van der Waals surface area contributed by atoms with Crippen molar-refractivity contribution in [1.29, 1.82) is 10.5 Å². The van der Waals surface area contributed by atoms with Gasteiger partial charge in [-0.2, -0.15) is 10.5 Å². The Morgan fingerprint density at radius 3 is 1.27 bits per heavy atom. The number of rotatable bonds is 2. The quantitative estimate of drug-likeness (QED) is 0.168. The molecule has 56 heavy (non-hydrogen) atoms. The molecule has 0 aliphatic heterocycles.